The molecule has 3 aromatic rings. The van der Waals surface area contributed by atoms with E-state index in [9.17, 15) is 22.7 Å². The van der Waals surface area contributed by atoms with Gasteiger partial charge in [0.15, 0.2) is 9.84 Å². The number of halogens is 1. The highest BCUT2D eigenvalue weighted by Gasteiger charge is 2.28. The van der Waals surface area contributed by atoms with E-state index in [2.05, 4.69) is 0 Å². The van der Waals surface area contributed by atoms with Crippen LogP contribution in [0.5, 0.6) is 0 Å². The smallest absolute Gasteiger partial charge is 0.323 e. The van der Waals surface area contributed by atoms with Crippen LogP contribution in [0.15, 0.2) is 53.4 Å². The second-order valence-corrected chi connectivity index (χ2v) is 8.50. The van der Waals surface area contributed by atoms with Crippen LogP contribution in [0.25, 0.3) is 16.5 Å². The Morgan fingerprint density at radius 1 is 1.22 bits per heavy atom. The highest BCUT2D eigenvalue weighted by molar-refractivity contribution is 7.91. The third-order valence-electron chi connectivity index (χ3n) is 4.87. The third kappa shape index (κ3) is 2.75. The van der Waals surface area contributed by atoms with Crippen molar-refractivity contribution in [3.8, 4) is 0 Å². The predicted octanol–water partition coefficient (Wildman–Crippen LogP) is 3.39. The largest absolute Gasteiger partial charge is 0.480 e. The van der Waals surface area contributed by atoms with Crippen molar-refractivity contribution in [1.29, 1.82) is 0 Å². The first-order chi connectivity index (χ1) is 12.8. The molecule has 0 unspecified atom stereocenters. The van der Waals surface area contributed by atoms with Gasteiger partial charge in [0.05, 0.1) is 10.6 Å². The summed E-state index contributed by atoms with van der Waals surface area (Å²) in [6, 6.07) is 10.9. The Morgan fingerprint density at radius 3 is 2.70 bits per heavy atom. The monoisotopic (exact) mass is 385 g/mol. The van der Waals surface area contributed by atoms with E-state index < -0.39 is 21.6 Å². The molecule has 0 saturated heterocycles. The molecule has 2 heterocycles. The first-order valence-electron chi connectivity index (χ1n) is 8.32. The van der Waals surface area contributed by atoms with Gasteiger partial charge in [-0.2, -0.15) is 0 Å². The molecule has 0 atom stereocenters. The quantitative estimate of drug-likeness (QED) is 0.750. The zero-order chi connectivity index (χ0) is 19.3. The van der Waals surface area contributed by atoms with Crippen molar-refractivity contribution >= 4 is 32.3 Å². The van der Waals surface area contributed by atoms with Gasteiger partial charge >= 0.3 is 5.97 Å². The molecule has 0 bridgehead atoms. The molecule has 0 amide bonds. The molecule has 1 aromatic heterocycles. The van der Waals surface area contributed by atoms with Gasteiger partial charge in [0.25, 0.3) is 0 Å². The molecular formula is C20H16FNO4S. The first kappa shape index (κ1) is 17.5. The Kier molecular flexibility index (Phi) is 3.92. The summed E-state index contributed by atoms with van der Waals surface area (Å²) in [7, 11) is -3.42. The zero-order valence-electron chi connectivity index (χ0n) is 14.4. The van der Waals surface area contributed by atoms with Crippen molar-refractivity contribution in [2.45, 2.75) is 18.4 Å². The fourth-order valence-corrected chi connectivity index (χ4v) is 5.09. The molecule has 0 fully saturated rings. The Balaban J connectivity index is 2.06. The first-order valence-corrected chi connectivity index (χ1v) is 9.97. The van der Waals surface area contributed by atoms with E-state index in [1.54, 1.807) is 47.9 Å². The Bertz CT molecular complexity index is 1240. The minimum atomic E-state index is -3.42. The molecule has 1 aliphatic rings. The summed E-state index contributed by atoms with van der Waals surface area (Å²) in [4.78, 5) is 11.5. The van der Waals surface area contributed by atoms with E-state index in [0.717, 1.165) is 0 Å². The number of carboxylic acid groups (broad SMARTS) is 1. The van der Waals surface area contributed by atoms with Crippen LogP contribution < -0.4 is 0 Å². The molecular weight excluding hydrogens is 369 g/mol. The number of sulfone groups is 1. The van der Waals surface area contributed by atoms with Gasteiger partial charge in [0.2, 0.25) is 0 Å². The molecule has 0 saturated carbocycles. The number of hydrogen-bond donors (Lipinski definition) is 1. The summed E-state index contributed by atoms with van der Waals surface area (Å²) in [6.07, 6.45) is 1.62. The van der Waals surface area contributed by atoms with E-state index in [-0.39, 0.29) is 17.2 Å². The minimum absolute atomic E-state index is 0.153. The van der Waals surface area contributed by atoms with Crippen molar-refractivity contribution in [2.24, 2.45) is 0 Å². The Morgan fingerprint density at radius 2 is 1.96 bits per heavy atom. The molecule has 2 aromatic carbocycles. The molecule has 7 heteroatoms. The van der Waals surface area contributed by atoms with Crippen LogP contribution in [-0.4, -0.2) is 29.8 Å². The number of nitrogens with zero attached hydrogens (tertiary/aromatic N) is 1. The van der Waals surface area contributed by atoms with E-state index in [1.807, 2.05) is 0 Å². The van der Waals surface area contributed by atoms with Gasteiger partial charge in [0, 0.05) is 27.7 Å². The number of carbonyl (C=O) groups is 1. The average molecular weight is 385 g/mol. The van der Waals surface area contributed by atoms with Crippen molar-refractivity contribution in [3.05, 3.63) is 71.2 Å². The molecule has 138 valence electrons. The summed E-state index contributed by atoms with van der Waals surface area (Å²) >= 11 is 0. The molecule has 0 spiro atoms. The number of carboxylic acids is 1. The van der Waals surface area contributed by atoms with Gasteiger partial charge in [-0.05, 0) is 36.8 Å². The summed E-state index contributed by atoms with van der Waals surface area (Å²) in [5.74, 6) is -1.60. The van der Waals surface area contributed by atoms with Crippen LogP contribution in [0.4, 0.5) is 4.39 Å². The topological polar surface area (TPSA) is 76.4 Å². The lowest BCUT2D eigenvalue weighted by molar-refractivity contribution is -0.137. The minimum Gasteiger partial charge on any atom is -0.480 e. The van der Waals surface area contributed by atoms with Gasteiger partial charge in [0.1, 0.15) is 12.4 Å². The predicted molar refractivity (Wildman–Crippen MR) is 99.8 cm³/mol. The molecule has 0 radical (unpaired) electrons. The lowest BCUT2D eigenvalue weighted by Gasteiger charge is -2.19. The summed E-state index contributed by atoms with van der Waals surface area (Å²) in [5, 5.41) is 9.83. The molecule has 0 aliphatic carbocycles. The van der Waals surface area contributed by atoms with Gasteiger partial charge < -0.3 is 9.67 Å². The second-order valence-electron chi connectivity index (χ2n) is 6.50. The maximum absolute atomic E-state index is 14.0. The van der Waals surface area contributed by atoms with Crippen LogP contribution in [0.2, 0.25) is 0 Å². The molecule has 1 aliphatic heterocycles. The zero-order valence-corrected chi connectivity index (χ0v) is 15.3. The van der Waals surface area contributed by atoms with Gasteiger partial charge in [-0.1, -0.05) is 24.3 Å². The molecule has 1 N–H and O–H groups in total. The van der Waals surface area contributed by atoms with Crippen molar-refractivity contribution in [2.75, 3.05) is 5.75 Å². The van der Waals surface area contributed by atoms with Crippen LogP contribution in [0.3, 0.4) is 0 Å². The lowest BCUT2D eigenvalue weighted by atomic mass is 9.95. The van der Waals surface area contributed by atoms with Crippen molar-refractivity contribution in [3.63, 3.8) is 0 Å². The molecule has 4 rings (SSSR count). The number of hydrogen-bond acceptors (Lipinski definition) is 3. The Hall–Kier alpha value is -2.93. The third-order valence-corrected chi connectivity index (χ3v) is 6.50. The highest BCUT2D eigenvalue weighted by atomic mass is 32.2. The van der Waals surface area contributed by atoms with Gasteiger partial charge in [-0.25, -0.2) is 12.8 Å². The van der Waals surface area contributed by atoms with Crippen LogP contribution in [-0.2, 0) is 21.2 Å². The van der Waals surface area contributed by atoms with Crippen LogP contribution in [0.1, 0.15) is 16.8 Å². The van der Waals surface area contributed by atoms with Gasteiger partial charge in [-0.15, -0.1) is 0 Å². The summed E-state index contributed by atoms with van der Waals surface area (Å²) in [6.45, 7) is 1.50. The summed E-state index contributed by atoms with van der Waals surface area (Å²) in [5.41, 5.74) is 3.13. The number of benzene rings is 2. The average Bonchev–Trinajstić information content (AvgIpc) is 2.87. The van der Waals surface area contributed by atoms with E-state index in [4.69, 9.17) is 0 Å². The normalized spacial score (nSPS) is 15.4. The SMILES string of the molecule is Cc1c(C2=CCS(=O)(=O)c3ccccc32)c2cc(F)ccc2n1CC(=O)O. The maximum Gasteiger partial charge on any atom is 0.323 e. The van der Waals surface area contributed by atoms with E-state index >= 15 is 0 Å². The van der Waals surface area contributed by atoms with Crippen molar-refractivity contribution in [1.82, 2.24) is 4.57 Å². The van der Waals surface area contributed by atoms with Crippen LogP contribution in [0, 0.1) is 12.7 Å². The maximum atomic E-state index is 14.0. The molecule has 5 nitrogen and oxygen atoms in total. The second kappa shape index (κ2) is 6.06. The number of aliphatic carboxylic acids is 1. The number of fused-ring (bicyclic) bond motifs is 2. The van der Waals surface area contributed by atoms with E-state index in [1.165, 1.54) is 12.1 Å². The highest BCUT2D eigenvalue weighted by Crippen LogP contribution is 2.40. The fraction of sp³-hybridized carbons (Fsp3) is 0.150. The van der Waals surface area contributed by atoms with Crippen LogP contribution >= 0.6 is 0 Å². The molecule has 27 heavy (non-hydrogen) atoms. The lowest BCUT2D eigenvalue weighted by Crippen LogP contribution is -2.14. The number of rotatable bonds is 3. The Labute approximate surface area is 155 Å². The van der Waals surface area contributed by atoms with Crippen molar-refractivity contribution < 1.29 is 22.7 Å². The summed E-state index contributed by atoms with van der Waals surface area (Å²) < 4.78 is 40.4. The van der Waals surface area contributed by atoms with E-state index in [0.29, 0.717) is 33.3 Å². The van der Waals surface area contributed by atoms with Gasteiger partial charge in [-0.3, -0.25) is 4.79 Å². The number of aromatic nitrogens is 1. The fourth-order valence-electron chi connectivity index (χ4n) is 3.72. The standard InChI is InChI=1S/C20H16FNO4S/c1-12-20(15-8-9-27(25,26)18-5-3-2-4-14(15)18)16-10-13(21)6-7-17(16)22(12)11-19(23)24/h2-8,10H,9,11H2,1H3,(H,23,24).